The number of hydrogen-bond acceptors (Lipinski definition) is 2. The molecule has 0 bridgehead atoms. The van der Waals surface area contributed by atoms with Crippen LogP contribution >= 0.6 is 0 Å². The fourth-order valence-electron chi connectivity index (χ4n) is 3.83. The van der Waals surface area contributed by atoms with E-state index in [9.17, 15) is 4.79 Å². The van der Waals surface area contributed by atoms with Crippen molar-refractivity contribution in [3.63, 3.8) is 0 Å². The smallest absolute Gasteiger partial charge is 0.237 e. The van der Waals surface area contributed by atoms with Crippen LogP contribution in [0.4, 0.5) is 0 Å². The van der Waals surface area contributed by atoms with E-state index in [0.717, 1.165) is 12.0 Å². The highest BCUT2D eigenvalue weighted by molar-refractivity contribution is 5.85. The van der Waals surface area contributed by atoms with Crippen molar-refractivity contribution in [3.8, 4) is 0 Å². The first-order valence-corrected chi connectivity index (χ1v) is 10.1. The number of amides is 1. The van der Waals surface area contributed by atoms with Crippen LogP contribution in [0.5, 0.6) is 0 Å². The molecule has 0 spiro atoms. The van der Waals surface area contributed by atoms with Gasteiger partial charge in [0.1, 0.15) is 0 Å². The van der Waals surface area contributed by atoms with Crippen LogP contribution in [0.1, 0.15) is 18.1 Å². The molecular formula is C26H26N2O. The third-order valence-electron chi connectivity index (χ3n) is 5.35. The number of rotatable bonds is 6. The van der Waals surface area contributed by atoms with Gasteiger partial charge in [0.2, 0.25) is 5.91 Å². The number of hydrogen-bond donors (Lipinski definition) is 2. The maximum atomic E-state index is 12.6. The molecule has 3 heteroatoms. The van der Waals surface area contributed by atoms with Crippen molar-refractivity contribution < 1.29 is 4.79 Å². The normalized spacial score (nSPS) is 13.3. The highest BCUT2D eigenvalue weighted by Crippen LogP contribution is 2.18. The lowest BCUT2D eigenvalue weighted by Gasteiger charge is -2.18. The first kappa shape index (κ1) is 19.2. The van der Waals surface area contributed by atoms with Gasteiger partial charge in [0.25, 0.3) is 0 Å². The van der Waals surface area contributed by atoms with Crippen LogP contribution in [0.25, 0.3) is 21.5 Å². The second-order valence-corrected chi connectivity index (χ2v) is 7.79. The van der Waals surface area contributed by atoms with Gasteiger partial charge in [0, 0.05) is 6.04 Å². The van der Waals surface area contributed by atoms with E-state index in [-0.39, 0.29) is 11.9 Å². The fraction of sp³-hybridized carbons (Fsp3) is 0.192. The van der Waals surface area contributed by atoms with Crippen LogP contribution in [0, 0.1) is 0 Å². The van der Waals surface area contributed by atoms with Gasteiger partial charge < -0.3 is 11.1 Å². The lowest BCUT2D eigenvalue weighted by atomic mass is 10.0. The van der Waals surface area contributed by atoms with Gasteiger partial charge >= 0.3 is 0 Å². The van der Waals surface area contributed by atoms with Crippen LogP contribution in [0.15, 0.2) is 84.9 Å². The summed E-state index contributed by atoms with van der Waals surface area (Å²) < 4.78 is 0. The first-order valence-electron chi connectivity index (χ1n) is 10.1. The predicted octanol–water partition coefficient (Wildman–Crippen LogP) is 4.61. The molecule has 2 unspecified atom stereocenters. The topological polar surface area (TPSA) is 55.1 Å². The summed E-state index contributed by atoms with van der Waals surface area (Å²) >= 11 is 0. The molecule has 0 aliphatic carbocycles. The summed E-state index contributed by atoms with van der Waals surface area (Å²) in [6, 6.07) is 28.7. The molecule has 3 nitrogen and oxygen atoms in total. The van der Waals surface area contributed by atoms with Crippen molar-refractivity contribution in [1.82, 2.24) is 5.32 Å². The summed E-state index contributed by atoms with van der Waals surface area (Å²) in [6.45, 7) is 2.02. The van der Waals surface area contributed by atoms with E-state index in [2.05, 4.69) is 59.9 Å². The molecule has 146 valence electrons. The fourth-order valence-corrected chi connectivity index (χ4v) is 3.83. The number of carbonyl (C=O) groups excluding carboxylic acids is 1. The molecule has 0 aliphatic heterocycles. The summed E-state index contributed by atoms with van der Waals surface area (Å²) in [5, 5.41) is 7.88. The van der Waals surface area contributed by atoms with E-state index in [0.29, 0.717) is 6.42 Å². The zero-order valence-electron chi connectivity index (χ0n) is 16.6. The minimum atomic E-state index is -0.560. The maximum absolute atomic E-state index is 12.6. The minimum absolute atomic E-state index is 0.0197. The Balaban J connectivity index is 1.36. The molecule has 4 aromatic carbocycles. The maximum Gasteiger partial charge on any atom is 0.237 e. The zero-order chi connectivity index (χ0) is 20.2. The Bertz CT molecular complexity index is 1150. The van der Waals surface area contributed by atoms with E-state index in [1.54, 1.807) is 0 Å². The van der Waals surface area contributed by atoms with E-state index >= 15 is 0 Å². The molecule has 0 fully saturated rings. The standard InChI is InChI=1S/C26H26N2O/c1-18(14-19-10-12-21-6-2-4-8-23(21)15-19)28-26(29)25(27)17-20-11-13-22-7-3-5-9-24(22)16-20/h2-13,15-16,18,25H,14,17,27H2,1H3,(H,28,29). The minimum Gasteiger partial charge on any atom is -0.352 e. The number of carbonyl (C=O) groups is 1. The second kappa shape index (κ2) is 8.46. The zero-order valence-corrected chi connectivity index (χ0v) is 16.6. The third kappa shape index (κ3) is 4.64. The van der Waals surface area contributed by atoms with Crippen LogP contribution < -0.4 is 11.1 Å². The Kier molecular flexibility index (Phi) is 5.59. The molecule has 2 atom stereocenters. The number of benzene rings is 4. The Morgan fingerprint density at radius 2 is 1.24 bits per heavy atom. The van der Waals surface area contributed by atoms with Crippen molar-refractivity contribution >= 4 is 27.5 Å². The van der Waals surface area contributed by atoms with Gasteiger partial charge in [-0.15, -0.1) is 0 Å². The molecule has 4 rings (SSSR count). The van der Waals surface area contributed by atoms with Crippen LogP contribution in [0.2, 0.25) is 0 Å². The second-order valence-electron chi connectivity index (χ2n) is 7.79. The van der Waals surface area contributed by atoms with Gasteiger partial charge in [-0.1, -0.05) is 84.9 Å². The summed E-state index contributed by atoms with van der Waals surface area (Å²) in [7, 11) is 0. The molecule has 4 aromatic rings. The van der Waals surface area contributed by atoms with Gasteiger partial charge in [-0.25, -0.2) is 0 Å². The summed E-state index contributed by atoms with van der Waals surface area (Å²) in [4.78, 5) is 12.6. The van der Waals surface area contributed by atoms with Gasteiger partial charge in [0.15, 0.2) is 0 Å². The van der Waals surface area contributed by atoms with Crippen molar-refractivity contribution in [2.45, 2.75) is 31.8 Å². The molecule has 0 saturated heterocycles. The lowest BCUT2D eigenvalue weighted by Crippen LogP contribution is -2.46. The number of nitrogens with two attached hydrogens (primary N) is 1. The Hall–Kier alpha value is -3.17. The highest BCUT2D eigenvalue weighted by Gasteiger charge is 2.17. The summed E-state index contributed by atoms with van der Waals surface area (Å²) in [5.41, 5.74) is 8.48. The molecule has 0 saturated carbocycles. The van der Waals surface area contributed by atoms with Gasteiger partial charge in [-0.2, -0.15) is 0 Å². The Morgan fingerprint density at radius 1 is 0.759 bits per heavy atom. The highest BCUT2D eigenvalue weighted by atomic mass is 16.2. The molecular weight excluding hydrogens is 356 g/mol. The van der Waals surface area contributed by atoms with Crippen LogP contribution in [-0.2, 0) is 17.6 Å². The van der Waals surface area contributed by atoms with Gasteiger partial charge in [-0.05, 0) is 52.4 Å². The van der Waals surface area contributed by atoms with Crippen molar-refractivity contribution in [2.24, 2.45) is 5.73 Å². The first-order chi connectivity index (χ1) is 14.1. The van der Waals surface area contributed by atoms with Gasteiger partial charge in [0.05, 0.1) is 6.04 Å². The Labute approximate surface area is 171 Å². The van der Waals surface area contributed by atoms with Gasteiger partial charge in [-0.3, -0.25) is 4.79 Å². The van der Waals surface area contributed by atoms with E-state index in [4.69, 9.17) is 5.73 Å². The number of nitrogens with one attached hydrogen (secondary N) is 1. The molecule has 1 amide bonds. The third-order valence-corrected chi connectivity index (χ3v) is 5.35. The largest absolute Gasteiger partial charge is 0.352 e. The number of fused-ring (bicyclic) bond motifs is 2. The van der Waals surface area contributed by atoms with Crippen LogP contribution in [-0.4, -0.2) is 18.0 Å². The average molecular weight is 383 g/mol. The van der Waals surface area contributed by atoms with E-state index in [1.165, 1.54) is 27.1 Å². The quantitative estimate of drug-likeness (QED) is 0.512. The predicted molar refractivity (Wildman–Crippen MR) is 121 cm³/mol. The monoisotopic (exact) mass is 382 g/mol. The van der Waals surface area contributed by atoms with E-state index in [1.807, 2.05) is 37.3 Å². The van der Waals surface area contributed by atoms with E-state index < -0.39 is 6.04 Å². The Morgan fingerprint density at radius 3 is 1.79 bits per heavy atom. The molecule has 0 heterocycles. The van der Waals surface area contributed by atoms with Crippen molar-refractivity contribution in [1.29, 1.82) is 0 Å². The molecule has 0 aromatic heterocycles. The SMILES string of the molecule is CC(Cc1ccc2ccccc2c1)NC(=O)C(N)Cc1ccc2ccccc2c1. The summed E-state index contributed by atoms with van der Waals surface area (Å²) in [5.74, 6) is -0.105. The summed E-state index contributed by atoms with van der Waals surface area (Å²) in [6.07, 6.45) is 1.30. The molecule has 0 radical (unpaired) electrons. The average Bonchev–Trinajstić information content (AvgIpc) is 2.73. The van der Waals surface area contributed by atoms with Crippen molar-refractivity contribution in [2.75, 3.05) is 0 Å². The molecule has 3 N–H and O–H groups in total. The lowest BCUT2D eigenvalue weighted by molar-refractivity contribution is -0.122. The molecule has 0 aliphatic rings. The molecule has 29 heavy (non-hydrogen) atoms. The van der Waals surface area contributed by atoms with Crippen molar-refractivity contribution in [3.05, 3.63) is 96.1 Å². The van der Waals surface area contributed by atoms with Crippen LogP contribution in [0.3, 0.4) is 0 Å².